The van der Waals surface area contributed by atoms with Gasteiger partial charge in [-0.1, -0.05) is 30.3 Å². The van der Waals surface area contributed by atoms with E-state index >= 15 is 0 Å². The molecule has 1 aromatic carbocycles. The highest BCUT2D eigenvalue weighted by Gasteiger charge is 2.45. The molecule has 0 aliphatic carbocycles. The molecule has 0 amide bonds. The third-order valence-electron chi connectivity index (χ3n) is 5.81. The summed E-state index contributed by atoms with van der Waals surface area (Å²) in [5, 5.41) is 1.29. The Morgan fingerprint density at radius 3 is 2.62 bits per heavy atom. The number of hydrogen-bond acceptors (Lipinski definition) is 6. The molecule has 3 saturated heterocycles. The van der Waals surface area contributed by atoms with Crippen LogP contribution in [0.25, 0.3) is 6.08 Å². The van der Waals surface area contributed by atoms with E-state index in [1.165, 1.54) is 9.71 Å². The van der Waals surface area contributed by atoms with Crippen molar-refractivity contribution in [3.05, 3.63) is 41.3 Å². The smallest absolute Gasteiger partial charge is 0.236 e. The van der Waals surface area contributed by atoms with Crippen LogP contribution in [0.2, 0.25) is 0 Å². The number of rotatable bonds is 5. The molecule has 2 atom stereocenters. The Balaban J connectivity index is 1.41. The van der Waals surface area contributed by atoms with Crippen molar-refractivity contribution in [3.63, 3.8) is 0 Å². The zero-order valence-corrected chi connectivity index (χ0v) is 17.6. The van der Waals surface area contributed by atoms with E-state index in [1.54, 1.807) is 6.08 Å². The molecule has 0 saturated carbocycles. The van der Waals surface area contributed by atoms with E-state index in [9.17, 15) is 8.42 Å². The van der Waals surface area contributed by atoms with Gasteiger partial charge >= 0.3 is 0 Å². The predicted octanol–water partition coefficient (Wildman–Crippen LogP) is 1.57. The van der Waals surface area contributed by atoms with Crippen LogP contribution in [0, 0.1) is 0 Å². The quantitative estimate of drug-likeness (QED) is 0.718. The Kier molecular flexibility index (Phi) is 6.68. The van der Waals surface area contributed by atoms with E-state index in [0.717, 1.165) is 51.3 Å². The van der Waals surface area contributed by atoms with Crippen molar-refractivity contribution in [1.82, 2.24) is 9.21 Å². The molecule has 160 valence electrons. The lowest BCUT2D eigenvalue weighted by atomic mass is 10.0. The summed E-state index contributed by atoms with van der Waals surface area (Å²) in [6.07, 6.45) is 3.49. The molecule has 3 aliphatic rings. The van der Waals surface area contributed by atoms with Gasteiger partial charge < -0.3 is 14.2 Å². The summed E-state index contributed by atoms with van der Waals surface area (Å²) in [6.45, 7) is 5.77. The Labute approximate surface area is 173 Å². The molecule has 29 heavy (non-hydrogen) atoms. The summed E-state index contributed by atoms with van der Waals surface area (Å²) in [5.41, 5.74) is 0.306. The van der Waals surface area contributed by atoms with Crippen molar-refractivity contribution in [3.8, 4) is 0 Å². The molecule has 0 N–H and O–H groups in total. The zero-order valence-electron chi connectivity index (χ0n) is 16.7. The first-order valence-electron chi connectivity index (χ1n) is 10.3. The minimum atomic E-state index is -3.55. The van der Waals surface area contributed by atoms with Gasteiger partial charge in [0.25, 0.3) is 0 Å². The van der Waals surface area contributed by atoms with Crippen LogP contribution in [-0.4, -0.2) is 88.5 Å². The van der Waals surface area contributed by atoms with E-state index < -0.39 is 15.6 Å². The summed E-state index contributed by atoms with van der Waals surface area (Å²) in [5.74, 6) is 0. The minimum absolute atomic E-state index is 0.110. The number of ether oxygens (including phenoxy) is 3. The second kappa shape index (κ2) is 9.24. The second-order valence-corrected chi connectivity index (χ2v) is 9.84. The van der Waals surface area contributed by atoms with E-state index in [2.05, 4.69) is 4.90 Å². The highest BCUT2D eigenvalue weighted by atomic mass is 32.2. The molecular weight excluding hydrogens is 392 g/mol. The van der Waals surface area contributed by atoms with Crippen molar-refractivity contribution >= 4 is 16.1 Å². The molecule has 7 nitrogen and oxygen atoms in total. The molecule has 1 spiro atoms. The van der Waals surface area contributed by atoms with E-state index in [1.807, 2.05) is 30.3 Å². The molecule has 4 rings (SSSR count). The van der Waals surface area contributed by atoms with Crippen LogP contribution in [0.15, 0.2) is 35.7 Å². The highest BCUT2D eigenvalue weighted by Crippen LogP contribution is 2.34. The normalized spacial score (nSPS) is 30.1. The third-order valence-corrected chi connectivity index (χ3v) is 7.32. The molecule has 8 heteroatoms. The summed E-state index contributed by atoms with van der Waals surface area (Å²) >= 11 is 0. The van der Waals surface area contributed by atoms with Gasteiger partial charge in [0.05, 0.1) is 32.5 Å². The minimum Gasteiger partial charge on any atom is -0.379 e. The number of nitrogens with zero attached hydrogens (tertiary/aromatic N) is 2. The maximum absolute atomic E-state index is 13.0. The van der Waals surface area contributed by atoms with Gasteiger partial charge in [-0.05, 0) is 24.5 Å². The Bertz CT molecular complexity index is 795. The van der Waals surface area contributed by atoms with Crippen molar-refractivity contribution < 1.29 is 22.6 Å². The summed E-state index contributed by atoms with van der Waals surface area (Å²) in [6, 6.07) is 9.46. The zero-order chi connectivity index (χ0) is 20.2. The lowest BCUT2D eigenvalue weighted by Gasteiger charge is -2.33. The number of sulfonamides is 1. The molecule has 0 aromatic heterocycles. The number of benzene rings is 1. The summed E-state index contributed by atoms with van der Waals surface area (Å²) in [4.78, 5) is 2.36. The van der Waals surface area contributed by atoms with Crippen LogP contribution in [-0.2, 0) is 24.2 Å². The van der Waals surface area contributed by atoms with Crippen molar-refractivity contribution in [2.45, 2.75) is 24.5 Å². The van der Waals surface area contributed by atoms with Crippen molar-refractivity contribution in [2.24, 2.45) is 0 Å². The van der Waals surface area contributed by atoms with E-state index in [4.69, 9.17) is 14.2 Å². The maximum atomic E-state index is 13.0. The molecule has 1 aromatic rings. The fourth-order valence-electron chi connectivity index (χ4n) is 4.22. The van der Waals surface area contributed by atoms with Crippen molar-refractivity contribution in [1.29, 1.82) is 0 Å². The van der Waals surface area contributed by atoms with Gasteiger partial charge in [0.15, 0.2) is 0 Å². The fourth-order valence-corrected chi connectivity index (χ4v) is 5.47. The average molecular weight is 423 g/mol. The maximum Gasteiger partial charge on any atom is 0.236 e. The van der Waals surface area contributed by atoms with E-state index in [0.29, 0.717) is 26.3 Å². The first-order chi connectivity index (χ1) is 14.0. The number of morpholine rings is 1. The molecule has 3 aliphatic heterocycles. The van der Waals surface area contributed by atoms with Gasteiger partial charge in [-0.15, -0.1) is 0 Å². The van der Waals surface area contributed by atoms with Gasteiger partial charge in [-0.25, -0.2) is 8.42 Å². The molecule has 0 unspecified atom stereocenters. The highest BCUT2D eigenvalue weighted by molar-refractivity contribution is 7.92. The summed E-state index contributed by atoms with van der Waals surface area (Å²) in [7, 11) is -3.55. The molecule has 0 bridgehead atoms. The van der Waals surface area contributed by atoms with Gasteiger partial charge in [-0.3, -0.25) is 4.90 Å². The average Bonchev–Trinajstić information content (AvgIpc) is 2.99. The van der Waals surface area contributed by atoms with Crippen molar-refractivity contribution in [2.75, 3.05) is 59.2 Å². The number of hydrogen-bond donors (Lipinski definition) is 0. The third kappa shape index (κ3) is 5.45. The van der Waals surface area contributed by atoms with Crippen LogP contribution >= 0.6 is 0 Å². The largest absolute Gasteiger partial charge is 0.379 e. The molecule has 3 heterocycles. The van der Waals surface area contributed by atoms with Gasteiger partial charge in [0.1, 0.15) is 5.60 Å². The Morgan fingerprint density at radius 2 is 1.83 bits per heavy atom. The fraction of sp³-hybridized carbons (Fsp3) is 0.619. The lowest BCUT2D eigenvalue weighted by molar-refractivity contribution is -0.0926. The van der Waals surface area contributed by atoms with Crippen LogP contribution in [0.5, 0.6) is 0 Å². The lowest BCUT2D eigenvalue weighted by Crippen LogP contribution is -2.47. The van der Waals surface area contributed by atoms with Gasteiger partial charge in [0.2, 0.25) is 10.0 Å². The first-order valence-corrected chi connectivity index (χ1v) is 11.8. The second-order valence-electron chi connectivity index (χ2n) is 8.02. The molecule has 3 fully saturated rings. The first kappa shape index (κ1) is 21.0. The topological polar surface area (TPSA) is 68.3 Å². The van der Waals surface area contributed by atoms with Crippen LogP contribution in [0.1, 0.15) is 18.4 Å². The van der Waals surface area contributed by atoms with Crippen LogP contribution < -0.4 is 0 Å². The van der Waals surface area contributed by atoms with Gasteiger partial charge in [0, 0.05) is 38.1 Å². The van der Waals surface area contributed by atoms with Crippen LogP contribution in [0.4, 0.5) is 0 Å². The molecular formula is C21H30N2O5S. The molecule has 0 radical (unpaired) electrons. The van der Waals surface area contributed by atoms with Gasteiger partial charge in [-0.2, -0.15) is 4.31 Å². The van der Waals surface area contributed by atoms with Crippen LogP contribution in [0.3, 0.4) is 0 Å². The SMILES string of the molecule is O=S(=O)(/C=C/c1ccccc1)N1CCOC[C@@]2(CC[C@H](CN3CCOCC3)O2)C1. The summed E-state index contributed by atoms with van der Waals surface area (Å²) < 4.78 is 45.0. The Morgan fingerprint density at radius 1 is 1.07 bits per heavy atom. The monoisotopic (exact) mass is 422 g/mol. The Hall–Kier alpha value is -1.29. The van der Waals surface area contributed by atoms with E-state index in [-0.39, 0.29) is 6.10 Å². The standard InChI is InChI=1S/C21H30N2O5S/c24-29(25,15-7-19-4-2-1-3-5-19)23-11-14-27-18-21(17-23)8-6-20(28-21)16-22-9-12-26-13-10-22/h1-5,7,15,20H,6,8-14,16-18H2/b15-7+/t20-,21-/m1/s1. The predicted molar refractivity (Wildman–Crippen MR) is 111 cm³/mol.